The first-order valence-electron chi connectivity index (χ1n) is 9.67. The van der Waals surface area contributed by atoms with Crippen molar-refractivity contribution in [3.8, 4) is 11.3 Å². The van der Waals surface area contributed by atoms with Crippen LogP contribution in [-0.2, 0) is 7.05 Å². The fraction of sp³-hybridized carbons (Fsp3) is 0.286. The van der Waals surface area contributed by atoms with Crippen LogP contribution in [0.15, 0.2) is 55.2 Å². The maximum atomic E-state index is 4.60. The Morgan fingerprint density at radius 1 is 1.21 bits per heavy atom. The number of anilines is 2. The summed E-state index contributed by atoms with van der Waals surface area (Å²) in [6.07, 6.45) is 11.9. The van der Waals surface area contributed by atoms with Gasteiger partial charge in [0.05, 0.1) is 18.1 Å². The first-order valence-corrected chi connectivity index (χ1v) is 9.67. The predicted molar refractivity (Wildman–Crippen MR) is 110 cm³/mol. The molecule has 4 aromatic rings. The number of aromatic nitrogens is 5. The van der Waals surface area contributed by atoms with E-state index in [0.717, 1.165) is 41.5 Å². The Balaban J connectivity index is 1.46. The molecule has 1 aromatic carbocycles. The number of imidazole rings is 1. The largest absolute Gasteiger partial charge is 0.337 e. The second-order valence-corrected chi connectivity index (χ2v) is 7.31. The summed E-state index contributed by atoms with van der Waals surface area (Å²) in [7, 11) is 1.91. The van der Waals surface area contributed by atoms with Crippen molar-refractivity contribution in [3.05, 3.63) is 60.8 Å². The summed E-state index contributed by atoms with van der Waals surface area (Å²) in [4.78, 5) is 9.13. The fourth-order valence-electron chi connectivity index (χ4n) is 3.92. The minimum atomic E-state index is 0.572. The Kier molecular flexibility index (Phi) is 4.29. The third-order valence-electron chi connectivity index (χ3n) is 5.35. The number of rotatable bonds is 4. The lowest BCUT2D eigenvalue weighted by Crippen LogP contribution is -2.28. The molecule has 0 bridgehead atoms. The molecule has 1 atom stereocenters. The molecule has 5 rings (SSSR count). The fourth-order valence-corrected chi connectivity index (χ4v) is 3.92. The highest BCUT2D eigenvalue weighted by Gasteiger charge is 2.16. The molecule has 0 amide bonds. The van der Waals surface area contributed by atoms with E-state index in [4.69, 9.17) is 0 Å². The summed E-state index contributed by atoms with van der Waals surface area (Å²) in [5.74, 6) is 1.32. The number of benzene rings is 1. The van der Waals surface area contributed by atoms with Crippen molar-refractivity contribution >= 4 is 17.2 Å². The first kappa shape index (κ1) is 16.9. The number of aryl methyl sites for hydroxylation is 1. The smallest absolute Gasteiger partial charge is 0.180 e. The van der Waals surface area contributed by atoms with Gasteiger partial charge in [-0.15, -0.1) is 0 Å². The zero-order valence-electron chi connectivity index (χ0n) is 15.8. The number of fused-ring (bicyclic) bond motifs is 1. The van der Waals surface area contributed by atoms with Crippen LogP contribution < -0.4 is 10.6 Å². The van der Waals surface area contributed by atoms with E-state index < -0.39 is 0 Å². The van der Waals surface area contributed by atoms with Crippen molar-refractivity contribution in [3.63, 3.8) is 0 Å². The number of nitrogens with zero attached hydrogens (tertiary/aromatic N) is 5. The average Bonchev–Trinajstić information content (AvgIpc) is 3.35. The topological polar surface area (TPSA) is 72.1 Å². The summed E-state index contributed by atoms with van der Waals surface area (Å²) < 4.78 is 3.84. The summed E-state index contributed by atoms with van der Waals surface area (Å²) in [5.41, 5.74) is 5.22. The summed E-state index contributed by atoms with van der Waals surface area (Å²) >= 11 is 0. The standard InChI is InChI=1S/C21H23N7/c1-27-14-17(12-25-27)19-13-24-21-20(23-8-9-28(19)21)26-18-6-2-4-15(10-18)16-5-3-7-22-11-16/h2,4,6,8-10,12-14,16,22H,3,5,7,11H2,1H3,(H,23,26). The molecule has 4 heterocycles. The average molecular weight is 373 g/mol. The van der Waals surface area contributed by atoms with Gasteiger partial charge in [-0.2, -0.15) is 5.10 Å². The highest BCUT2D eigenvalue weighted by Crippen LogP contribution is 2.28. The summed E-state index contributed by atoms with van der Waals surface area (Å²) in [6.45, 7) is 2.17. The van der Waals surface area contributed by atoms with Crippen LogP contribution >= 0.6 is 0 Å². The van der Waals surface area contributed by atoms with E-state index in [1.54, 1.807) is 10.9 Å². The Labute approximate surface area is 163 Å². The van der Waals surface area contributed by atoms with Gasteiger partial charge < -0.3 is 10.6 Å². The van der Waals surface area contributed by atoms with Crippen molar-refractivity contribution in [2.24, 2.45) is 7.05 Å². The molecule has 7 nitrogen and oxygen atoms in total. The van der Waals surface area contributed by atoms with Crippen LogP contribution in [0.25, 0.3) is 16.9 Å². The number of hydrogen-bond donors (Lipinski definition) is 2. The molecule has 2 N–H and O–H groups in total. The van der Waals surface area contributed by atoms with Crippen molar-refractivity contribution in [1.29, 1.82) is 0 Å². The van der Waals surface area contributed by atoms with E-state index in [1.165, 1.54) is 18.4 Å². The first-order chi connectivity index (χ1) is 13.8. The molecule has 0 radical (unpaired) electrons. The molecule has 7 heteroatoms. The van der Waals surface area contributed by atoms with Crippen LogP contribution in [0.2, 0.25) is 0 Å². The van der Waals surface area contributed by atoms with Gasteiger partial charge in [-0.05, 0) is 43.0 Å². The van der Waals surface area contributed by atoms with Gasteiger partial charge in [0.25, 0.3) is 0 Å². The third-order valence-corrected chi connectivity index (χ3v) is 5.35. The van der Waals surface area contributed by atoms with Gasteiger partial charge >= 0.3 is 0 Å². The van der Waals surface area contributed by atoms with Crippen LogP contribution in [0.5, 0.6) is 0 Å². The van der Waals surface area contributed by atoms with E-state index >= 15 is 0 Å². The molecule has 1 fully saturated rings. The minimum absolute atomic E-state index is 0.572. The zero-order valence-corrected chi connectivity index (χ0v) is 15.8. The molecule has 0 saturated carbocycles. The molecule has 3 aromatic heterocycles. The predicted octanol–water partition coefficient (Wildman–Crippen LogP) is 3.34. The van der Waals surface area contributed by atoms with Gasteiger partial charge in [-0.25, -0.2) is 9.97 Å². The lowest BCUT2D eigenvalue weighted by atomic mass is 9.91. The molecular weight excluding hydrogens is 350 g/mol. The Bertz CT molecular complexity index is 1100. The van der Waals surface area contributed by atoms with Crippen LogP contribution in [0.1, 0.15) is 24.3 Å². The number of nitrogens with one attached hydrogen (secondary N) is 2. The van der Waals surface area contributed by atoms with Crippen molar-refractivity contribution in [1.82, 2.24) is 29.5 Å². The van der Waals surface area contributed by atoms with Gasteiger partial charge in [0, 0.05) is 43.4 Å². The van der Waals surface area contributed by atoms with Crippen LogP contribution in [0, 0.1) is 0 Å². The Hall–Kier alpha value is -3.19. The van der Waals surface area contributed by atoms with E-state index in [1.807, 2.05) is 36.2 Å². The Morgan fingerprint density at radius 2 is 2.18 bits per heavy atom. The van der Waals surface area contributed by atoms with Crippen molar-refractivity contribution < 1.29 is 0 Å². The molecule has 142 valence electrons. The lowest BCUT2D eigenvalue weighted by molar-refractivity contribution is 0.462. The summed E-state index contributed by atoms with van der Waals surface area (Å²) in [5, 5.41) is 11.2. The Morgan fingerprint density at radius 3 is 3.00 bits per heavy atom. The molecule has 1 unspecified atom stereocenters. The van der Waals surface area contributed by atoms with E-state index in [2.05, 4.69) is 50.0 Å². The van der Waals surface area contributed by atoms with Gasteiger partial charge in [0.2, 0.25) is 0 Å². The molecule has 28 heavy (non-hydrogen) atoms. The van der Waals surface area contributed by atoms with Gasteiger partial charge in [-0.1, -0.05) is 12.1 Å². The molecule has 0 spiro atoms. The van der Waals surface area contributed by atoms with Crippen molar-refractivity contribution in [2.45, 2.75) is 18.8 Å². The maximum absolute atomic E-state index is 4.60. The van der Waals surface area contributed by atoms with E-state index in [9.17, 15) is 0 Å². The molecule has 0 aliphatic carbocycles. The maximum Gasteiger partial charge on any atom is 0.180 e. The summed E-state index contributed by atoms with van der Waals surface area (Å²) in [6, 6.07) is 8.63. The monoisotopic (exact) mass is 373 g/mol. The van der Waals surface area contributed by atoms with Gasteiger partial charge in [-0.3, -0.25) is 9.08 Å². The normalized spacial score (nSPS) is 17.1. The third kappa shape index (κ3) is 3.14. The van der Waals surface area contributed by atoms with Crippen LogP contribution in [0.4, 0.5) is 11.5 Å². The second kappa shape index (κ2) is 7.09. The molecule has 1 saturated heterocycles. The van der Waals surface area contributed by atoms with Crippen LogP contribution in [-0.4, -0.2) is 37.2 Å². The highest BCUT2D eigenvalue weighted by molar-refractivity contribution is 5.74. The number of piperidine rings is 1. The minimum Gasteiger partial charge on any atom is -0.337 e. The van der Waals surface area contributed by atoms with E-state index in [0.29, 0.717) is 5.92 Å². The second-order valence-electron chi connectivity index (χ2n) is 7.31. The zero-order chi connectivity index (χ0) is 18.9. The highest BCUT2D eigenvalue weighted by atomic mass is 15.2. The van der Waals surface area contributed by atoms with E-state index in [-0.39, 0.29) is 0 Å². The SMILES string of the molecule is Cn1cc(-c2cnc3c(Nc4cccc(C5CCCNC5)c4)nccn23)cn1. The van der Waals surface area contributed by atoms with Crippen LogP contribution in [0.3, 0.4) is 0 Å². The molecule has 1 aliphatic rings. The van der Waals surface area contributed by atoms with Crippen molar-refractivity contribution in [2.75, 3.05) is 18.4 Å². The number of hydrogen-bond acceptors (Lipinski definition) is 5. The van der Waals surface area contributed by atoms with Gasteiger partial charge in [0.15, 0.2) is 11.5 Å². The molecular formula is C21H23N7. The lowest BCUT2D eigenvalue weighted by Gasteiger charge is -2.23. The quantitative estimate of drug-likeness (QED) is 0.574. The van der Waals surface area contributed by atoms with Gasteiger partial charge in [0.1, 0.15) is 0 Å². The molecule has 1 aliphatic heterocycles.